The predicted molar refractivity (Wildman–Crippen MR) is 90.9 cm³/mol. The summed E-state index contributed by atoms with van der Waals surface area (Å²) in [5, 5.41) is 2.77. The molecule has 0 amide bonds. The van der Waals surface area contributed by atoms with Crippen LogP contribution >= 0.6 is 11.3 Å². The van der Waals surface area contributed by atoms with Crippen molar-refractivity contribution in [3.8, 4) is 22.8 Å². The minimum absolute atomic E-state index is 0.00407. The molecule has 2 aromatic heterocycles. The molecule has 8 heteroatoms. The number of rotatable bonds is 3. The Balaban J connectivity index is 2.25. The molecule has 0 fully saturated rings. The Labute approximate surface area is 145 Å². The van der Waals surface area contributed by atoms with E-state index in [1.54, 1.807) is 5.38 Å². The fraction of sp³-hybridized carbons (Fsp3) is 0.176. The van der Waals surface area contributed by atoms with Crippen molar-refractivity contribution in [1.29, 1.82) is 0 Å². The van der Waals surface area contributed by atoms with Crippen molar-refractivity contribution < 1.29 is 23.5 Å². The van der Waals surface area contributed by atoms with Gasteiger partial charge < -0.3 is 13.9 Å². The Morgan fingerprint density at radius 2 is 1.88 bits per heavy atom. The van der Waals surface area contributed by atoms with E-state index in [2.05, 4.69) is 4.98 Å². The average Bonchev–Trinajstić information content (AvgIpc) is 2.95. The number of benzene rings is 1. The number of esters is 2. The molecule has 0 saturated heterocycles. The fourth-order valence-electron chi connectivity index (χ4n) is 2.30. The van der Waals surface area contributed by atoms with E-state index in [0.29, 0.717) is 11.3 Å². The zero-order valence-electron chi connectivity index (χ0n) is 13.6. The summed E-state index contributed by atoms with van der Waals surface area (Å²) in [5.74, 6) is -1.35. The SMILES string of the molecule is CC(=O)Oc1ccc2c(=O)c(-c3csc(C)n3)coc2c1OC(C)=O. The molecule has 0 atom stereocenters. The van der Waals surface area contributed by atoms with Crippen LogP contribution in [0.2, 0.25) is 0 Å². The van der Waals surface area contributed by atoms with E-state index in [9.17, 15) is 14.4 Å². The summed E-state index contributed by atoms with van der Waals surface area (Å²) in [6.07, 6.45) is 1.25. The van der Waals surface area contributed by atoms with E-state index in [1.165, 1.54) is 43.6 Å². The topological polar surface area (TPSA) is 95.7 Å². The Kier molecular flexibility index (Phi) is 4.37. The lowest BCUT2D eigenvalue weighted by molar-refractivity contribution is -0.134. The van der Waals surface area contributed by atoms with Gasteiger partial charge in [-0.15, -0.1) is 11.3 Å². The van der Waals surface area contributed by atoms with E-state index in [-0.39, 0.29) is 27.9 Å². The Hall–Kier alpha value is -3.00. The Morgan fingerprint density at radius 1 is 1.16 bits per heavy atom. The highest BCUT2D eigenvalue weighted by molar-refractivity contribution is 7.09. The van der Waals surface area contributed by atoms with E-state index < -0.39 is 11.9 Å². The molecule has 0 bridgehead atoms. The van der Waals surface area contributed by atoms with Crippen LogP contribution in [0, 0.1) is 6.92 Å². The van der Waals surface area contributed by atoms with Gasteiger partial charge >= 0.3 is 11.9 Å². The normalized spacial score (nSPS) is 10.7. The molecule has 1 aromatic carbocycles. The molecule has 0 radical (unpaired) electrons. The maximum atomic E-state index is 12.8. The second-order valence-electron chi connectivity index (χ2n) is 5.19. The number of aromatic nitrogens is 1. The number of hydrogen-bond acceptors (Lipinski definition) is 8. The van der Waals surface area contributed by atoms with E-state index in [0.717, 1.165) is 5.01 Å². The maximum absolute atomic E-state index is 12.8. The molecule has 3 aromatic rings. The van der Waals surface area contributed by atoms with E-state index >= 15 is 0 Å². The lowest BCUT2D eigenvalue weighted by Gasteiger charge is -2.10. The summed E-state index contributed by atoms with van der Waals surface area (Å²) in [6, 6.07) is 2.84. The summed E-state index contributed by atoms with van der Waals surface area (Å²) >= 11 is 1.42. The first kappa shape index (κ1) is 16.8. The second kappa shape index (κ2) is 6.48. The first-order valence-corrected chi connectivity index (χ1v) is 8.12. The first-order chi connectivity index (χ1) is 11.9. The highest BCUT2D eigenvalue weighted by Gasteiger charge is 2.20. The van der Waals surface area contributed by atoms with Gasteiger partial charge in [0.05, 0.1) is 21.7 Å². The third-order valence-electron chi connectivity index (χ3n) is 3.25. The smallest absolute Gasteiger partial charge is 0.308 e. The van der Waals surface area contributed by atoms with E-state index in [1.807, 2.05) is 6.92 Å². The summed E-state index contributed by atoms with van der Waals surface area (Å²) in [7, 11) is 0. The molecule has 0 spiro atoms. The summed E-state index contributed by atoms with van der Waals surface area (Å²) in [5.41, 5.74) is 0.506. The quantitative estimate of drug-likeness (QED) is 0.524. The molecule has 0 aliphatic rings. The molecule has 3 rings (SSSR count). The van der Waals surface area contributed by atoms with Gasteiger partial charge in [-0.1, -0.05) is 0 Å². The van der Waals surface area contributed by atoms with Crippen molar-refractivity contribution in [3.63, 3.8) is 0 Å². The molecular weight excluding hydrogens is 346 g/mol. The number of nitrogens with zero attached hydrogens (tertiary/aromatic N) is 1. The van der Waals surface area contributed by atoms with Crippen molar-refractivity contribution >= 4 is 34.2 Å². The number of thiazole rings is 1. The van der Waals surface area contributed by atoms with Gasteiger partial charge in [-0.05, 0) is 19.1 Å². The third kappa shape index (κ3) is 3.29. The maximum Gasteiger partial charge on any atom is 0.308 e. The summed E-state index contributed by atoms with van der Waals surface area (Å²) in [4.78, 5) is 39.7. The minimum Gasteiger partial charge on any atom is -0.459 e. The minimum atomic E-state index is -0.636. The van der Waals surface area contributed by atoms with Crippen molar-refractivity contribution in [2.45, 2.75) is 20.8 Å². The van der Waals surface area contributed by atoms with Gasteiger partial charge in [0, 0.05) is 19.2 Å². The lowest BCUT2D eigenvalue weighted by atomic mass is 10.1. The van der Waals surface area contributed by atoms with Gasteiger partial charge in [0.25, 0.3) is 0 Å². The number of aryl methyl sites for hydroxylation is 1. The zero-order chi connectivity index (χ0) is 18.1. The predicted octanol–water partition coefficient (Wildman–Crippen LogP) is 3.08. The van der Waals surface area contributed by atoms with Crippen LogP contribution in [0.15, 0.2) is 33.0 Å². The van der Waals surface area contributed by atoms with Crippen LogP contribution in [0.4, 0.5) is 0 Å². The van der Waals surface area contributed by atoms with Crippen molar-refractivity contribution in [2.75, 3.05) is 0 Å². The van der Waals surface area contributed by atoms with Gasteiger partial charge in [0.1, 0.15) is 6.26 Å². The van der Waals surface area contributed by atoms with Crippen LogP contribution in [-0.4, -0.2) is 16.9 Å². The number of carbonyl (C=O) groups is 2. The van der Waals surface area contributed by atoms with Crippen LogP contribution in [0.3, 0.4) is 0 Å². The van der Waals surface area contributed by atoms with Crippen LogP contribution in [-0.2, 0) is 9.59 Å². The number of hydrogen-bond donors (Lipinski definition) is 0. The third-order valence-corrected chi connectivity index (χ3v) is 4.03. The van der Waals surface area contributed by atoms with Gasteiger partial charge in [0.2, 0.25) is 11.2 Å². The number of fused-ring (bicyclic) bond motifs is 1. The molecule has 0 aliphatic carbocycles. The lowest BCUT2D eigenvalue weighted by Crippen LogP contribution is -2.10. The van der Waals surface area contributed by atoms with Crippen molar-refractivity contribution in [3.05, 3.63) is 39.0 Å². The van der Waals surface area contributed by atoms with Gasteiger partial charge in [0.15, 0.2) is 11.3 Å². The number of carbonyl (C=O) groups excluding carboxylic acids is 2. The van der Waals surface area contributed by atoms with Crippen LogP contribution < -0.4 is 14.9 Å². The largest absolute Gasteiger partial charge is 0.459 e. The van der Waals surface area contributed by atoms with Crippen LogP contribution in [0.5, 0.6) is 11.5 Å². The monoisotopic (exact) mass is 359 g/mol. The molecule has 0 N–H and O–H groups in total. The van der Waals surface area contributed by atoms with Gasteiger partial charge in [-0.3, -0.25) is 14.4 Å². The highest BCUT2D eigenvalue weighted by atomic mass is 32.1. The molecule has 0 saturated carbocycles. The molecule has 7 nitrogen and oxygen atoms in total. The fourth-order valence-corrected chi connectivity index (χ4v) is 2.91. The zero-order valence-corrected chi connectivity index (χ0v) is 14.4. The van der Waals surface area contributed by atoms with Gasteiger partial charge in [-0.2, -0.15) is 0 Å². The van der Waals surface area contributed by atoms with Crippen molar-refractivity contribution in [2.24, 2.45) is 0 Å². The highest BCUT2D eigenvalue weighted by Crippen LogP contribution is 2.36. The molecule has 25 heavy (non-hydrogen) atoms. The number of ether oxygens (including phenoxy) is 2. The molecule has 2 heterocycles. The Morgan fingerprint density at radius 3 is 2.48 bits per heavy atom. The van der Waals surface area contributed by atoms with E-state index in [4.69, 9.17) is 13.9 Å². The van der Waals surface area contributed by atoms with Gasteiger partial charge in [-0.25, -0.2) is 4.98 Å². The molecular formula is C17H13NO6S. The molecule has 0 unspecified atom stereocenters. The van der Waals surface area contributed by atoms with Crippen molar-refractivity contribution in [1.82, 2.24) is 4.98 Å². The summed E-state index contributed by atoms with van der Waals surface area (Å²) in [6.45, 7) is 4.24. The Bertz CT molecular complexity index is 1050. The molecule has 128 valence electrons. The average molecular weight is 359 g/mol. The standard InChI is InChI=1S/C17H13NO6S/c1-8-18-13(7-25-8)12-6-22-16-11(15(12)21)4-5-14(23-9(2)19)17(16)24-10(3)20/h4-7H,1-3H3. The second-order valence-corrected chi connectivity index (χ2v) is 6.25. The summed E-state index contributed by atoms with van der Waals surface area (Å²) < 4.78 is 15.7. The van der Waals surface area contributed by atoms with Crippen LogP contribution in [0.25, 0.3) is 22.2 Å². The molecule has 0 aliphatic heterocycles. The van der Waals surface area contributed by atoms with Crippen LogP contribution in [0.1, 0.15) is 18.9 Å². The first-order valence-electron chi connectivity index (χ1n) is 7.24.